The molecule has 1 aromatic carbocycles. The summed E-state index contributed by atoms with van der Waals surface area (Å²) in [5.74, 6) is 2.22. The first kappa shape index (κ1) is 20.2. The van der Waals surface area contributed by atoms with E-state index >= 15 is 0 Å². The van der Waals surface area contributed by atoms with Crippen molar-refractivity contribution in [3.63, 3.8) is 0 Å². The van der Waals surface area contributed by atoms with E-state index < -0.39 is 0 Å². The van der Waals surface area contributed by atoms with Crippen molar-refractivity contribution < 1.29 is 9.47 Å². The van der Waals surface area contributed by atoms with E-state index in [0.29, 0.717) is 19.1 Å². The summed E-state index contributed by atoms with van der Waals surface area (Å²) in [6.07, 6.45) is 7.69. The minimum Gasteiger partial charge on any atom is -0.493 e. The molecule has 152 valence electrons. The van der Waals surface area contributed by atoms with Gasteiger partial charge in [-0.2, -0.15) is 0 Å². The van der Waals surface area contributed by atoms with Gasteiger partial charge in [0, 0.05) is 57.2 Å². The lowest BCUT2D eigenvalue weighted by Crippen LogP contribution is -2.37. The minimum absolute atomic E-state index is 0.492. The third-order valence-corrected chi connectivity index (χ3v) is 4.84. The summed E-state index contributed by atoms with van der Waals surface area (Å²) in [7, 11) is 1.79. The summed E-state index contributed by atoms with van der Waals surface area (Å²) in [5.41, 5.74) is 2.33. The number of hydrogen-bond acceptors (Lipinski definition) is 4. The molecule has 0 amide bonds. The SMILES string of the molecule is CN=C(NCCCn1ccnc1)NCc1ccc(C)cc1OCC1CCOC1. The molecule has 1 fully saturated rings. The number of hydrogen-bond donors (Lipinski definition) is 2. The third-order valence-electron chi connectivity index (χ3n) is 4.84. The van der Waals surface area contributed by atoms with Crippen molar-refractivity contribution in [2.24, 2.45) is 10.9 Å². The molecule has 1 aliphatic rings. The van der Waals surface area contributed by atoms with Crippen LogP contribution < -0.4 is 15.4 Å². The Labute approximate surface area is 167 Å². The molecule has 0 bridgehead atoms. The van der Waals surface area contributed by atoms with Crippen molar-refractivity contribution in [2.45, 2.75) is 32.9 Å². The Balaban J connectivity index is 1.46. The Morgan fingerprint density at radius 1 is 1.39 bits per heavy atom. The molecular formula is C21H31N5O2. The molecule has 0 spiro atoms. The van der Waals surface area contributed by atoms with Crippen molar-refractivity contribution in [3.05, 3.63) is 48.0 Å². The van der Waals surface area contributed by atoms with Crippen LogP contribution in [0.4, 0.5) is 0 Å². The van der Waals surface area contributed by atoms with Gasteiger partial charge >= 0.3 is 0 Å². The Hall–Kier alpha value is -2.54. The van der Waals surface area contributed by atoms with Gasteiger partial charge in [0.1, 0.15) is 5.75 Å². The molecule has 2 N–H and O–H groups in total. The van der Waals surface area contributed by atoms with Gasteiger partial charge in [-0.15, -0.1) is 0 Å². The van der Waals surface area contributed by atoms with Crippen molar-refractivity contribution in [3.8, 4) is 5.75 Å². The van der Waals surface area contributed by atoms with E-state index in [9.17, 15) is 0 Å². The number of guanidine groups is 1. The van der Waals surface area contributed by atoms with Crippen LogP contribution in [-0.4, -0.2) is 48.9 Å². The zero-order valence-electron chi connectivity index (χ0n) is 16.9. The maximum atomic E-state index is 6.12. The Bertz CT molecular complexity index is 739. The quantitative estimate of drug-likeness (QED) is 0.394. The minimum atomic E-state index is 0.492. The number of imidazole rings is 1. The van der Waals surface area contributed by atoms with Crippen LogP contribution in [0.25, 0.3) is 0 Å². The average molecular weight is 386 g/mol. The topological polar surface area (TPSA) is 72.7 Å². The second-order valence-corrected chi connectivity index (χ2v) is 7.16. The van der Waals surface area contributed by atoms with E-state index in [1.54, 1.807) is 13.2 Å². The maximum absolute atomic E-state index is 6.12. The van der Waals surface area contributed by atoms with E-state index in [4.69, 9.17) is 9.47 Å². The molecule has 2 heterocycles. The first-order valence-corrected chi connectivity index (χ1v) is 9.95. The molecule has 0 aliphatic carbocycles. The smallest absolute Gasteiger partial charge is 0.191 e. The van der Waals surface area contributed by atoms with Gasteiger partial charge in [-0.05, 0) is 31.4 Å². The zero-order valence-corrected chi connectivity index (χ0v) is 16.9. The number of ether oxygens (including phenoxy) is 2. The zero-order chi connectivity index (χ0) is 19.6. The molecule has 7 heteroatoms. The molecule has 3 rings (SSSR count). The van der Waals surface area contributed by atoms with Crippen LogP contribution in [0.5, 0.6) is 5.75 Å². The van der Waals surface area contributed by atoms with Crippen LogP contribution in [-0.2, 0) is 17.8 Å². The molecule has 1 atom stereocenters. The number of rotatable bonds is 9. The average Bonchev–Trinajstić information content (AvgIpc) is 3.41. The molecule has 7 nitrogen and oxygen atoms in total. The molecule has 1 aliphatic heterocycles. The van der Waals surface area contributed by atoms with Crippen molar-refractivity contribution in [1.82, 2.24) is 20.2 Å². The highest BCUT2D eigenvalue weighted by Crippen LogP contribution is 2.22. The number of aromatic nitrogens is 2. The maximum Gasteiger partial charge on any atom is 0.191 e. The highest BCUT2D eigenvalue weighted by atomic mass is 16.5. The van der Waals surface area contributed by atoms with Crippen LogP contribution in [0.1, 0.15) is 24.0 Å². The van der Waals surface area contributed by atoms with Crippen LogP contribution >= 0.6 is 0 Å². The molecule has 1 unspecified atom stereocenters. The predicted molar refractivity (Wildman–Crippen MR) is 111 cm³/mol. The van der Waals surface area contributed by atoms with Crippen LogP contribution in [0.3, 0.4) is 0 Å². The fourth-order valence-electron chi connectivity index (χ4n) is 3.15. The van der Waals surface area contributed by atoms with Crippen molar-refractivity contribution >= 4 is 5.96 Å². The van der Waals surface area contributed by atoms with Crippen LogP contribution in [0.15, 0.2) is 41.9 Å². The molecule has 0 radical (unpaired) electrons. The molecule has 1 saturated heterocycles. The molecule has 28 heavy (non-hydrogen) atoms. The lowest BCUT2D eigenvalue weighted by molar-refractivity contribution is 0.166. The van der Waals surface area contributed by atoms with Gasteiger partial charge in [-0.3, -0.25) is 4.99 Å². The fraction of sp³-hybridized carbons (Fsp3) is 0.524. The molecule has 1 aromatic heterocycles. The van der Waals surface area contributed by atoms with Crippen LogP contribution in [0.2, 0.25) is 0 Å². The van der Waals surface area contributed by atoms with E-state index in [0.717, 1.165) is 56.4 Å². The first-order valence-electron chi connectivity index (χ1n) is 9.95. The van der Waals surface area contributed by atoms with Gasteiger partial charge in [-0.1, -0.05) is 12.1 Å². The number of benzene rings is 1. The van der Waals surface area contributed by atoms with Crippen molar-refractivity contribution in [2.75, 3.05) is 33.4 Å². The molecular weight excluding hydrogens is 354 g/mol. The molecule has 2 aromatic rings. The van der Waals surface area contributed by atoms with Gasteiger partial charge in [0.25, 0.3) is 0 Å². The number of nitrogens with zero attached hydrogens (tertiary/aromatic N) is 3. The standard InChI is InChI=1S/C21H31N5O2/c1-17-4-5-19(20(12-17)28-15-18-6-11-27-14-18)13-25-21(22-2)24-7-3-9-26-10-8-23-16-26/h4-5,8,10,12,16,18H,3,6-7,9,11,13-15H2,1-2H3,(H2,22,24,25). The summed E-state index contributed by atoms with van der Waals surface area (Å²) in [6, 6.07) is 6.34. The predicted octanol–water partition coefficient (Wildman–Crippen LogP) is 2.36. The Kier molecular flexibility index (Phi) is 7.72. The monoisotopic (exact) mass is 385 g/mol. The summed E-state index contributed by atoms with van der Waals surface area (Å²) < 4.78 is 13.6. The second kappa shape index (κ2) is 10.7. The van der Waals surface area contributed by atoms with Crippen molar-refractivity contribution in [1.29, 1.82) is 0 Å². The van der Waals surface area contributed by atoms with Gasteiger partial charge in [0.15, 0.2) is 5.96 Å². The van der Waals surface area contributed by atoms with Crippen LogP contribution in [0, 0.1) is 12.8 Å². The van der Waals surface area contributed by atoms with Gasteiger partial charge in [0.05, 0.1) is 19.5 Å². The Morgan fingerprint density at radius 2 is 2.32 bits per heavy atom. The van der Waals surface area contributed by atoms with Gasteiger partial charge < -0.3 is 24.7 Å². The lowest BCUT2D eigenvalue weighted by Gasteiger charge is -2.17. The summed E-state index contributed by atoms with van der Waals surface area (Å²) in [5, 5.41) is 6.74. The Morgan fingerprint density at radius 3 is 3.07 bits per heavy atom. The van der Waals surface area contributed by atoms with Gasteiger partial charge in [-0.25, -0.2) is 4.98 Å². The molecule has 0 saturated carbocycles. The number of nitrogens with one attached hydrogen (secondary N) is 2. The summed E-state index contributed by atoms with van der Waals surface area (Å²) >= 11 is 0. The van der Waals surface area contributed by atoms with E-state index in [-0.39, 0.29) is 0 Å². The van der Waals surface area contributed by atoms with E-state index in [2.05, 4.69) is 50.3 Å². The normalized spacial score (nSPS) is 16.9. The highest BCUT2D eigenvalue weighted by Gasteiger charge is 2.17. The number of aryl methyl sites for hydroxylation is 2. The fourth-order valence-corrected chi connectivity index (χ4v) is 3.15. The summed E-state index contributed by atoms with van der Waals surface area (Å²) in [6.45, 7) is 6.88. The lowest BCUT2D eigenvalue weighted by atomic mass is 10.1. The van der Waals surface area contributed by atoms with E-state index in [1.165, 1.54) is 5.56 Å². The summed E-state index contributed by atoms with van der Waals surface area (Å²) in [4.78, 5) is 8.37. The second-order valence-electron chi connectivity index (χ2n) is 7.16. The number of aliphatic imine (C=N–C) groups is 1. The first-order chi connectivity index (χ1) is 13.7. The van der Waals surface area contributed by atoms with Gasteiger partial charge in [0.2, 0.25) is 0 Å². The highest BCUT2D eigenvalue weighted by molar-refractivity contribution is 5.79. The third kappa shape index (κ3) is 6.27. The largest absolute Gasteiger partial charge is 0.493 e. The van der Waals surface area contributed by atoms with E-state index in [1.807, 2.05) is 12.5 Å².